The molecule has 1 fully saturated rings. The van der Waals surface area contributed by atoms with Gasteiger partial charge in [0.2, 0.25) is 11.8 Å². The van der Waals surface area contributed by atoms with Gasteiger partial charge in [-0.15, -0.1) is 0 Å². The monoisotopic (exact) mass is 484 g/mol. The molecule has 4 N–H and O–H groups in total. The molecule has 1 saturated heterocycles. The van der Waals surface area contributed by atoms with Crippen LogP contribution < -0.4 is 11.5 Å². The number of aryl methyl sites for hydroxylation is 2. The second kappa shape index (κ2) is 14.6. The third kappa shape index (κ3) is 9.09. The number of piperidine rings is 1. The molecule has 1 atom stereocenters. The lowest BCUT2D eigenvalue weighted by molar-refractivity contribution is -0.134. The van der Waals surface area contributed by atoms with Gasteiger partial charge in [0.25, 0.3) is 0 Å². The summed E-state index contributed by atoms with van der Waals surface area (Å²) in [6.45, 7) is 9.28. The molecular formula is C27H44N6O2. The Morgan fingerprint density at radius 3 is 2.31 bits per heavy atom. The quantitative estimate of drug-likeness (QED) is 0.506. The molecule has 1 unspecified atom stereocenters. The van der Waals surface area contributed by atoms with Gasteiger partial charge in [-0.3, -0.25) is 14.3 Å². The number of likely N-dealkylation sites (tertiary alicyclic amines) is 1. The van der Waals surface area contributed by atoms with Crippen molar-refractivity contribution in [2.24, 2.45) is 22.8 Å². The Morgan fingerprint density at radius 2 is 1.80 bits per heavy atom. The molecule has 194 valence electrons. The molecule has 8 nitrogen and oxygen atoms in total. The minimum atomic E-state index is -0.468. The number of primary amides is 1. The molecule has 35 heavy (non-hydrogen) atoms. The van der Waals surface area contributed by atoms with Gasteiger partial charge in [0.15, 0.2) is 0 Å². The minimum Gasteiger partial charge on any atom is -0.369 e. The summed E-state index contributed by atoms with van der Waals surface area (Å²) >= 11 is 0. The van der Waals surface area contributed by atoms with E-state index < -0.39 is 5.91 Å². The zero-order valence-electron chi connectivity index (χ0n) is 21.8. The normalized spacial score (nSPS) is 15.7. The van der Waals surface area contributed by atoms with Gasteiger partial charge in [-0.1, -0.05) is 62.9 Å². The maximum absolute atomic E-state index is 12.9. The zero-order valence-corrected chi connectivity index (χ0v) is 21.8. The number of nitrogens with two attached hydrogens (primary N) is 2. The molecule has 0 bridgehead atoms. The molecule has 8 heteroatoms. The first-order chi connectivity index (χ1) is 16.8. The van der Waals surface area contributed by atoms with Crippen LogP contribution in [-0.4, -0.2) is 51.1 Å². The number of rotatable bonds is 11. The van der Waals surface area contributed by atoms with Crippen LogP contribution in [0.3, 0.4) is 0 Å². The number of unbranched alkanes of at least 4 members (excludes halogenated alkanes) is 1. The fraction of sp³-hybridized carbons (Fsp3) is 0.630. The summed E-state index contributed by atoms with van der Waals surface area (Å²) in [4.78, 5) is 28.6. The molecule has 0 spiro atoms. The van der Waals surface area contributed by atoms with Gasteiger partial charge < -0.3 is 16.4 Å². The highest BCUT2D eigenvalue weighted by Crippen LogP contribution is 2.44. The fourth-order valence-electron chi connectivity index (χ4n) is 5.09. The van der Waals surface area contributed by atoms with Crippen LogP contribution in [0.1, 0.15) is 69.9 Å². The number of carbonyl (C=O) groups excluding carboxylic acids is 2. The van der Waals surface area contributed by atoms with Gasteiger partial charge in [-0.2, -0.15) is 5.10 Å². The van der Waals surface area contributed by atoms with Crippen molar-refractivity contribution in [2.75, 3.05) is 19.6 Å². The molecule has 1 aliphatic heterocycles. The van der Waals surface area contributed by atoms with Crippen LogP contribution in [0.4, 0.5) is 0 Å². The summed E-state index contributed by atoms with van der Waals surface area (Å²) in [5.41, 5.74) is 11.9. The molecule has 0 saturated carbocycles. The number of hydrogen-bond acceptors (Lipinski definition) is 5. The lowest BCUT2D eigenvalue weighted by atomic mass is 9.66. The number of amides is 2. The average Bonchev–Trinajstić information content (AvgIpc) is 3.37. The molecule has 2 amide bonds. The zero-order chi connectivity index (χ0) is 25.7. The van der Waals surface area contributed by atoms with Gasteiger partial charge in [-0.05, 0) is 49.5 Å². The van der Waals surface area contributed by atoms with Crippen molar-refractivity contribution >= 4 is 11.8 Å². The first kappa shape index (κ1) is 28.5. The Bertz CT molecular complexity index is 874. The van der Waals surface area contributed by atoms with Gasteiger partial charge in [0.1, 0.15) is 12.7 Å². The lowest BCUT2D eigenvalue weighted by Gasteiger charge is -2.46. The maximum Gasteiger partial charge on any atom is 0.231 e. The van der Waals surface area contributed by atoms with Crippen molar-refractivity contribution in [3.8, 4) is 0 Å². The van der Waals surface area contributed by atoms with Crippen molar-refractivity contribution in [1.82, 2.24) is 19.7 Å². The molecule has 1 aromatic carbocycles. The molecule has 0 radical (unpaired) electrons. The highest BCUT2D eigenvalue weighted by Gasteiger charge is 2.41. The molecule has 3 rings (SSSR count). The van der Waals surface area contributed by atoms with E-state index in [0.29, 0.717) is 18.2 Å². The van der Waals surface area contributed by atoms with Gasteiger partial charge in [-0.25, -0.2) is 4.98 Å². The Kier molecular flexibility index (Phi) is 11.9. The smallest absolute Gasteiger partial charge is 0.231 e. The predicted octanol–water partition coefficient (Wildman–Crippen LogP) is 3.47. The first-order valence-corrected chi connectivity index (χ1v) is 13.0. The number of benzene rings is 1. The van der Waals surface area contributed by atoms with Crippen molar-refractivity contribution in [3.63, 3.8) is 0 Å². The summed E-state index contributed by atoms with van der Waals surface area (Å²) in [6.07, 6.45) is 12.0. The van der Waals surface area contributed by atoms with Crippen LogP contribution in [0, 0.1) is 18.3 Å². The Labute approximate surface area is 210 Å². The fourth-order valence-corrected chi connectivity index (χ4v) is 5.09. The van der Waals surface area contributed by atoms with E-state index in [1.165, 1.54) is 36.8 Å². The Morgan fingerprint density at radius 1 is 1.14 bits per heavy atom. The van der Waals surface area contributed by atoms with Crippen LogP contribution in [-0.2, 0) is 22.6 Å². The third-order valence-electron chi connectivity index (χ3n) is 7.27. The first-order valence-electron chi connectivity index (χ1n) is 13.0. The van der Waals surface area contributed by atoms with Crippen LogP contribution >= 0.6 is 0 Å². The van der Waals surface area contributed by atoms with E-state index >= 15 is 0 Å². The van der Waals surface area contributed by atoms with Crippen LogP contribution in [0.25, 0.3) is 0 Å². The summed E-state index contributed by atoms with van der Waals surface area (Å²) < 4.78 is 2.00. The summed E-state index contributed by atoms with van der Waals surface area (Å²) in [5.74, 6) is 0.503. The molecule has 2 aromatic rings. The molecular weight excluding hydrogens is 440 g/mol. The van der Waals surface area contributed by atoms with Gasteiger partial charge in [0.05, 0.1) is 6.54 Å². The highest BCUT2D eigenvalue weighted by molar-refractivity contribution is 5.76. The second-order valence-corrected chi connectivity index (χ2v) is 9.74. The Hall–Kier alpha value is -2.74. The van der Waals surface area contributed by atoms with E-state index in [-0.39, 0.29) is 12.0 Å². The topological polar surface area (TPSA) is 120 Å². The van der Waals surface area contributed by atoms with E-state index in [1.54, 1.807) is 6.33 Å². The van der Waals surface area contributed by atoms with Crippen molar-refractivity contribution in [2.45, 2.75) is 78.7 Å². The van der Waals surface area contributed by atoms with E-state index in [4.69, 9.17) is 5.73 Å². The van der Waals surface area contributed by atoms with E-state index in [1.807, 2.05) is 11.0 Å². The number of carbonyl (C=O) groups is 2. The molecule has 1 aliphatic rings. The third-order valence-corrected chi connectivity index (χ3v) is 7.27. The SMILES string of the molecule is CCCCC(CC)C1(Cn2cncn2)CCN(C(=O)CCc2ccc(C)cc2)CC1.NCC(N)=O. The number of aromatic nitrogens is 3. The summed E-state index contributed by atoms with van der Waals surface area (Å²) in [6, 6.07) is 8.53. The largest absolute Gasteiger partial charge is 0.369 e. The molecule has 1 aromatic heterocycles. The predicted molar refractivity (Wildman–Crippen MR) is 139 cm³/mol. The van der Waals surface area contributed by atoms with Gasteiger partial charge in [0, 0.05) is 26.1 Å². The van der Waals surface area contributed by atoms with E-state index in [9.17, 15) is 9.59 Å². The van der Waals surface area contributed by atoms with E-state index in [2.05, 4.69) is 65.8 Å². The number of hydrogen-bond donors (Lipinski definition) is 2. The lowest BCUT2D eigenvalue weighted by Crippen LogP contribution is -2.48. The van der Waals surface area contributed by atoms with E-state index in [0.717, 1.165) is 38.9 Å². The molecule has 2 heterocycles. The van der Waals surface area contributed by atoms with Crippen LogP contribution in [0.2, 0.25) is 0 Å². The van der Waals surface area contributed by atoms with Crippen molar-refractivity contribution < 1.29 is 9.59 Å². The Balaban J connectivity index is 0.000000784. The summed E-state index contributed by atoms with van der Waals surface area (Å²) in [7, 11) is 0. The molecule has 0 aliphatic carbocycles. The maximum atomic E-state index is 12.9. The summed E-state index contributed by atoms with van der Waals surface area (Å²) in [5, 5.41) is 4.40. The van der Waals surface area contributed by atoms with Crippen molar-refractivity contribution in [1.29, 1.82) is 0 Å². The minimum absolute atomic E-state index is 0.0556. The number of nitrogens with zero attached hydrogens (tertiary/aromatic N) is 4. The highest BCUT2D eigenvalue weighted by atomic mass is 16.2. The second-order valence-electron chi connectivity index (χ2n) is 9.74. The standard InChI is InChI=1S/C25H38N4O.C2H6N2O/c1-4-6-7-23(5-2)25(18-29-20-26-19-27-29)14-16-28(17-15-25)24(30)13-12-22-10-8-21(3)9-11-22;3-1-2(4)5/h8-11,19-20,23H,4-7,12-18H2,1-3H3;1,3H2,(H2,4,5). The van der Waals surface area contributed by atoms with Crippen LogP contribution in [0.15, 0.2) is 36.9 Å². The van der Waals surface area contributed by atoms with Crippen LogP contribution in [0.5, 0.6) is 0 Å². The van der Waals surface area contributed by atoms with Gasteiger partial charge >= 0.3 is 0 Å². The van der Waals surface area contributed by atoms with Crippen molar-refractivity contribution in [3.05, 3.63) is 48.0 Å². The average molecular weight is 485 g/mol.